The summed E-state index contributed by atoms with van der Waals surface area (Å²) in [4.78, 5) is 47.1. The minimum atomic E-state index is -0.560. The van der Waals surface area contributed by atoms with Gasteiger partial charge in [0.15, 0.2) is 5.65 Å². The number of aromatic nitrogens is 3. The van der Waals surface area contributed by atoms with Crippen molar-refractivity contribution in [1.29, 1.82) is 0 Å². The standard InChI is InChI=1S/C26H25ClN4O3/c1-4-29(5-2)24(32)21-14-17(3)28-23-22(21)25(33)30(16-18-10-9-11-19(27)15-18)26(34)31(23)20-12-7-6-8-13-20/h6-15H,4-5,16H2,1-3H3. The van der Waals surface area contributed by atoms with Crippen LogP contribution in [0.15, 0.2) is 70.3 Å². The lowest BCUT2D eigenvalue weighted by Gasteiger charge is -2.21. The van der Waals surface area contributed by atoms with Gasteiger partial charge in [0, 0.05) is 23.8 Å². The molecule has 0 atom stereocenters. The van der Waals surface area contributed by atoms with Gasteiger partial charge in [-0.3, -0.25) is 14.2 Å². The van der Waals surface area contributed by atoms with Crippen molar-refractivity contribution in [1.82, 2.24) is 19.0 Å². The third-order valence-corrected chi connectivity index (χ3v) is 5.98. The first-order valence-corrected chi connectivity index (χ1v) is 11.5. The molecule has 7 nitrogen and oxygen atoms in total. The average Bonchev–Trinajstić information content (AvgIpc) is 2.82. The summed E-state index contributed by atoms with van der Waals surface area (Å²) in [6.07, 6.45) is 0. The van der Waals surface area contributed by atoms with Crippen molar-refractivity contribution in [2.75, 3.05) is 13.1 Å². The zero-order valence-electron chi connectivity index (χ0n) is 19.3. The van der Waals surface area contributed by atoms with E-state index >= 15 is 0 Å². The highest BCUT2D eigenvalue weighted by Gasteiger charge is 2.24. The van der Waals surface area contributed by atoms with Gasteiger partial charge < -0.3 is 4.90 Å². The molecule has 8 heteroatoms. The average molecular weight is 477 g/mol. The fourth-order valence-corrected chi connectivity index (χ4v) is 4.29. The fourth-order valence-electron chi connectivity index (χ4n) is 4.08. The van der Waals surface area contributed by atoms with Gasteiger partial charge in [-0.2, -0.15) is 0 Å². The topological polar surface area (TPSA) is 77.2 Å². The molecule has 34 heavy (non-hydrogen) atoms. The van der Waals surface area contributed by atoms with E-state index in [-0.39, 0.29) is 29.0 Å². The van der Waals surface area contributed by atoms with E-state index in [1.807, 2.05) is 19.9 Å². The summed E-state index contributed by atoms with van der Waals surface area (Å²) in [5.41, 5.74) is 1.09. The number of hydrogen-bond acceptors (Lipinski definition) is 4. The van der Waals surface area contributed by atoms with Crippen molar-refractivity contribution in [2.45, 2.75) is 27.3 Å². The van der Waals surface area contributed by atoms with Crippen molar-refractivity contribution in [3.63, 3.8) is 0 Å². The van der Waals surface area contributed by atoms with Gasteiger partial charge in [-0.15, -0.1) is 0 Å². The molecule has 1 amide bonds. The predicted octanol–water partition coefficient (Wildman–Crippen LogP) is 4.04. The molecule has 2 aromatic heterocycles. The minimum Gasteiger partial charge on any atom is -0.339 e. The van der Waals surface area contributed by atoms with E-state index in [1.165, 1.54) is 4.57 Å². The summed E-state index contributed by atoms with van der Waals surface area (Å²) >= 11 is 6.13. The Hall–Kier alpha value is -3.71. The van der Waals surface area contributed by atoms with Crippen LogP contribution in [0.3, 0.4) is 0 Å². The maximum atomic E-state index is 13.8. The first-order chi connectivity index (χ1) is 16.3. The van der Waals surface area contributed by atoms with Crippen LogP contribution in [0.2, 0.25) is 5.02 Å². The summed E-state index contributed by atoms with van der Waals surface area (Å²) in [7, 11) is 0. The van der Waals surface area contributed by atoms with Gasteiger partial charge in [-0.25, -0.2) is 14.3 Å². The summed E-state index contributed by atoms with van der Waals surface area (Å²) in [5.74, 6) is -0.273. The summed E-state index contributed by atoms with van der Waals surface area (Å²) in [6.45, 7) is 6.51. The van der Waals surface area contributed by atoms with Crippen LogP contribution in [-0.4, -0.2) is 38.0 Å². The quantitative estimate of drug-likeness (QED) is 0.421. The third kappa shape index (κ3) is 4.26. The van der Waals surface area contributed by atoms with E-state index < -0.39 is 11.2 Å². The highest BCUT2D eigenvalue weighted by molar-refractivity contribution is 6.30. The first-order valence-electron chi connectivity index (χ1n) is 11.1. The number of amides is 1. The number of aryl methyl sites for hydroxylation is 1. The summed E-state index contributed by atoms with van der Waals surface area (Å²) in [5, 5.41) is 0.623. The Balaban J connectivity index is 2.12. The van der Waals surface area contributed by atoms with Crippen molar-refractivity contribution in [3.8, 4) is 5.69 Å². The number of pyridine rings is 1. The largest absolute Gasteiger partial charge is 0.339 e. The van der Waals surface area contributed by atoms with Crippen LogP contribution in [-0.2, 0) is 6.54 Å². The molecule has 0 aliphatic heterocycles. The Bertz CT molecular complexity index is 1490. The molecule has 0 aliphatic carbocycles. The second-order valence-electron chi connectivity index (χ2n) is 7.96. The van der Waals surface area contributed by atoms with Gasteiger partial charge in [0.2, 0.25) is 0 Å². The number of carbonyl (C=O) groups is 1. The van der Waals surface area contributed by atoms with Gasteiger partial charge in [-0.05, 0) is 56.7 Å². The van der Waals surface area contributed by atoms with Crippen LogP contribution in [0.25, 0.3) is 16.7 Å². The van der Waals surface area contributed by atoms with E-state index in [2.05, 4.69) is 4.98 Å². The molecule has 4 rings (SSSR count). The number of fused-ring (bicyclic) bond motifs is 1. The monoisotopic (exact) mass is 476 g/mol. The Morgan fingerprint density at radius 1 is 1.00 bits per heavy atom. The van der Waals surface area contributed by atoms with Crippen LogP contribution in [0.1, 0.15) is 35.5 Å². The number of para-hydroxylation sites is 1. The Morgan fingerprint density at radius 2 is 1.71 bits per heavy atom. The zero-order valence-corrected chi connectivity index (χ0v) is 20.0. The first kappa shape index (κ1) is 23.4. The van der Waals surface area contributed by atoms with Crippen LogP contribution in [0.5, 0.6) is 0 Å². The molecule has 0 N–H and O–H groups in total. The maximum absolute atomic E-state index is 13.8. The number of benzene rings is 2. The number of halogens is 1. The zero-order chi connectivity index (χ0) is 24.4. The number of nitrogens with zero attached hydrogens (tertiary/aromatic N) is 4. The number of carbonyl (C=O) groups excluding carboxylic acids is 1. The van der Waals surface area contributed by atoms with Crippen molar-refractivity contribution < 1.29 is 4.79 Å². The molecule has 0 aliphatic rings. The molecule has 0 fully saturated rings. The van der Waals surface area contributed by atoms with Crippen LogP contribution in [0.4, 0.5) is 0 Å². The molecule has 0 spiro atoms. The van der Waals surface area contributed by atoms with Gasteiger partial charge in [0.25, 0.3) is 11.5 Å². The lowest BCUT2D eigenvalue weighted by Crippen LogP contribution is -2.41. The predicted molar refractivity (Wildman–Crippen MR) is 134 cm³/mol. The van der Waals surface area contributed by atoms with Crippen molar-refractivity contribution in [2.24, 2.45) is 0 Å². The molecular formula is C26H25ClN4O3. The highest BCUT2D eigenvalue weighted by atomic mass is 35.5. The normalized spacial score (nSPS) is 11.1. The second-order valence-corrected chi connectivity index (χ2v) is 8.40. The van der Waals surface area contributed by atoms with E-state index in [9.17, 15) is 14.4 Å². The molecule has 2 aromatic carbocycles. The van der Waals surface area contributed by atoms with Gasteiger partial charge in [0.05, 0.1) is 23.2 Å². The number of rotatable bonds is 6. The SMILES string of the molecule is CCN(CC)C(=O)c1cc(C)nc2c1c(=O)n(Cc1cccc(Cl)c1)c(=O)n2-c1ccccc1. The maximum Gasteiger partial charge on any atom is 0.337 e. The Kier molecular flexibility index (Phi) is 6.65. The van der Waals surface area contributed by atoms with E-state index in [4.69, 9.17) is 11.6 Å². The fraction of sp³-hybridized carbons (Fsp3) is 0.231. The van der Waals surface area contributed by atoms with Crippen molar-refractivity contribution >= 4 is 28.5 Å². The van der Waals surface area contributed by atoms with Crippen LogP contribution < -0.4 is 11.2 Å². The van der Waals surface area contributed by atoms with Crippen molar-refractivity contribution in [3.05, 3.63) is 103 Å². The summed E-state index contributed by atoms with van der Waals surface area (Å²) < 4.78 is 2.53. The summed E-state index contributed by atoms with van der Waals surface area (Å²) in [6, 6.07) is 17.6. The molecule has 0 unspecified atom stereocenters. The second kappa shape index (κ2) is 9.65. The van der Waals surface area contributed by atoms with E-state index in [0.717, 1.165) is 4.57 Å². The van der Waals surface area contributed by atoms with Crippen LogP contribution in [0, 0.1) is 6.92 Å². The van der Waals surface area contributed by atoms with E-state index in [0.29, 0.717) is 35.1 Å². The minimum absolute atomic E-state index is 0.00772. The Labute approximate surface area is 201 Å². The molecule has 0 saturated carbocycles. The highest BCUT2D eigenvalue weighted by Crippen LogP contribution is 2.20. The Morgan fingerprint density at radius 3 is 2.35 bits per heavy atom. The molecule has 174 valence electrons. The molecular weight excluding hydrogens is 452 g/mol. The van der Waals surface area contributed by atoms with Crippen LogP contribution >= 0.6 is 11.6 Å². The van der Waals surface area contributed by atoms with E-state index in [1.54, 1.807) is 66.4 Å². The third-order valence-electron chi connectivity index (χ3n) is 5.75. The van der Waals surface area contributed by atoms with Gasteiger partial charge >= 0.3 is 5.69 Å². The van der Waals surface area contributed by atoms with Gasteiger partial charge in [-0.1, -0.05) is 41.9 Å². The molecule has 4 aromatic rings. The molecule has 0 radical (unpaired) electrons. The molecule has 0 saturated heterocycles. The lowest BCUT2D eigenvalue weighted by molar-refractivity contribution is 0.0774. The smallest absolute Gasteiger partial charge is 0.337 e. The molecule has 0 bridgehead atoms. The molecule has 2 heterocycles. The lowest BCUT2D eigenvalue weighted by atomic mass is 10.1. The van der Waals surface area contributed by atoms with Gasteiger partial charge in [0.1, 0.15) is 0 Å². The number of hydrogen-bond donors (Lipinski definition) is 0.